The predicted octanol–water partition coefficient (Wildman–Crippen LogP) is 2.92. The molecule has 1 aromatic heterocycles. The highest BCUT2D eigenvalue weighted by Crippen LogP contribution is 2.14. The third-order valence-corrected chi connectivity index (χ3v) is 3.03. The van der Waals surface area contributed by atoms with Crippen LogP contribution in [0.5, 0.6) is 0 Å². The second kappa shape index (κ2) is 4.89. The van der Waals surface area contributed by atoms with Gasteiger partial charge >= 0.3 is 0 Å². The fourth-order valence-electron chi connectivity index (χ4n) is 2.03. The highest BCUT2D eigenvalue weighted by Gasteiger charge is 2.08. The fraction of sp³-hybridized carbons (Fsp3) is 0.200. The van der Waals surface area contributed by atoms with Gasteiger partial charge in [-0.25, -0.2) is 0 Å². The normalized spacial score (nSPS) is 10.1. The summed E-state index contributed by atoms with van der Waals surface area (Å²) < 4.78 is 2.02. The van der Waals surface area contributed by atoms with E-state index in [1.807, 2.05) is 42.0 Å². The van der Waals surface area contributed by atoms with E-state index in [2.05, 4.69) is 6.07 Å². The Hall–Kier alpha value is -2.34. The number of carbonyl (C=O) groups is 1. The average molecular weight is 238 g/mol. The van der Waals surface area contributed by atoms with E-state index in [9.17, 15) is 4.79 Å². The van der Waals surface area contributed by atoms with E-state index in [0.717, 1.165) is 16.8 Å². The molecule has 0 radical (unpaired) electrons. The Morgan fingerprint density at radius 3 is 2.78 bits per heavy atom. The maximum atomic E-state index is 11.4. The van der Waals surface area contributed by atoms with Crippen molar-refractivity contribution in [2.75, 3.05) is 0 Å². The first-order valence-electron chi connectivity index (χ1n) is 5.77. The number of aromatic nitrogens is 1. The molecule has 0 saturated carbocycles. The van der Waals surface area contributed by atoms with E-state index in [0.29, 0.717) is 12.1 Å². The van der Waals surface area contributed by atoms with Gasteiger partial charge in [0.25, 0.3) is 0 Å². The predicted molar refractivity (Wildman–Crippen MR) is 69.4 cm³/mol. The number of hydrogen-bond donors (Lipinski definition) is 0. The van der Waals surface area contributed by atoms with Crippen LogP contribution in [0, 0.1) is 18.3 Å². The molecule has 2 aromatic rings. The zero-order valence-corrected chi connectivity index (χ0v) is 10.5. The van der Waals surface area contributed by atoms with Gasteiger partial charge in [0.1, 0.15) is 0 Å². The molecule has 90 valence electrons. The maximum absolute atomic E-state index is 11.4. The van der Waals surface area contributed by atoms with Gasteiger partial charge in [-0.15, -0.1) is 0 Å². The molecule has 0 saturated heterocycles. The minimum absolute atomic E-state index is 0.0806. The summed E-state index contributed by atoms with van der Waals surface area (Å²) in [5, 5.41) is 8.86. The van der Waals surface area contributed by atoms with Crippen LogP contribution >= 0.6 is 0 Å². The molecule has 0 aliphatic rings. The van der Waals surface area contributed by atoms with Crippen molar-refractivity contribution < 1.29 is 4.79 Å². The Morgan fingerprint density at radius 1 is 1.39 bits per heavy atom. The molecule has 0 unspecified atom stereocenters. The number of carbonyl (C=O) groups excluding carboxylic acids is 1. The van der Waals surface area contributed by atoms with Gasteiger partial charge < -0.3 is 4.57 Å². The summed E-state index contributed by atoms with van der Waals surface area (Å²) in [7, 11) is 0. The highest BCUT2D eigenvalue weighted by molar-refractivity contribution is 5.95. The lowest BCUT2D eigenvalue weighted by Gasteiger charge is -2.07. The topological polar surface area (TPSA) is 45.8 Å². The molecule has 0 N–H and O–H groups in total. The van der Waals surface area contributed by atoms with E-state index in [4.69, 9.17) is 5.26 Å². The van der Waals surface area contributed by atoms with E-state index in [1.165, 1.54) is 0 Å². The molecular formula is C15H14N2O. The Morgan fingerprint density at radius 2 is 2.17 bits per heavy atom. The van der Waals surface area contributed by atoms with Gasteiger partial charge in [0.2, 0.25) is 0 Å². The van der Waals surface area contributed by atoms with Gasteiger partial charge in [-0.05, 0) is 37.6 Å². The van der Waals surface area contributed by atoms with Gasteiger partial charge in [0.15, 0.2) is 5.78 Å². The van der Waals surface area contributed by atoms with Crippen molar-refractivity contribution in [2.45, 2.75) is 20.4 Å². The van der Waals surface area contributed by atoms with Crippen molar-refractivity contribution in [1.82, 2.24) is 4.57 Å². The van der Waals surface area contributed by atoms with Gasteiger partial charge in [-0.2, -0.15) is 5.26 Å². The van der Waals surface area contributed by atoms with Crippen LogP contribution in [0.25, 0.3) is 0 Å². The van der Waals surface area contributed by atoms with Crippen LogP contribution in [0.4, 0.5) is 0 Å². The summed E-state index contributed by atoms with van der Waals surface area (Å²) in [6, 6.07) is 11.5. The maximum Gasteiger partial charge on any atom is 0.161 e. The molecule has 0 fully saturated rings. The van der Waals surface area contributed by atoms with Gasteiger partial charge in [0.05, 0.1) is 11.6 Å². The SMILES string of the molecule is CC(=O)c1ccn(Cc2cccc(C#N)c2)c1C. The Bertz CT molecular complexity index is 632. The number of hydrogen-bond acceptors (Lipinski definition) is 2. The minimum atomic E-state index is 0.0806. The number of rotatable bonds is 3. The standard InChI is InChI=1S/C15H14N2O/c1-11-15(12(2)18)6-7-17(11)10-14-5-3-4-13(8-14)9-16/h3-8H,10H2,1-2H3. The van der Waals surface area contributed by atoms with Crippen LogP contribution in [0.3, 0.4) is 0 Å². The molecular weight excluding hydrogens is 224 g/mol. The molecule has 0 amide bonds. The number of ketones is 1. The molecule has 3 nitrogen and oxygen atoms in total. The molecule has 0 bridgehead atoms. The van der Waals surface area contributed by atoms with Gasteiger partial charge in [-0.3, -0.25) is 4.79 Å². The summed E-state index contributed by atoms with van der Waals surface area (Å²) in [6.45, 7) is 4.18. The van der Waals surface area contributed by atoms with Crippen LogP contribution < -0.4 is 0 Å². The van der Waals surface area contributed by atoms with Gasteiger partial charge in [0, 0.05) is 24.0 Å². The third kappa shape index (κ3) is 2.33. The van der Waals surface area contributed by atoms with Crippen molar-refractivity contribution in [1.29, 1.82) is 5.26 Å². The summed E-state index contributed by atoms with van der Waals surface area (Å²) in [6.07, 6.45) is 1.91. The molecule has 0 spiro atoms. The van der Waals surface area contributed by atoms with Crippen molar-refractivity contribution in [3.63, 3.8) is 0 Å². The molecule has 1 aromatic carbocycles. The lowest BCUT2D eigenvalue weighted by Crippen LogP contribution is -2.03. The minimum Gasteiger partial charge on any atom is -0.347 e. The zero-order valence-electron chi connectivity index (χ0n) is 10.5. The van der Waals surface area contributed by atoms with E-state index in [-0.39, 0.29) is 5.78 Å². The van der Waals surface area contributed by atoms with E-state index < -0.39 is 0 Å². The first-order valence-corrected chi connectivity index (χ1v) is 5.77. The lowest BCUT2D eigenvalue weighted by molar-refractivity contribution is 0.101. The Labute approximate surface area is 106 Å². The van der Waals surface area contributed by atoms with E-state index >= 15 is 0 Å². The smallest absolute Gasteiger partial charge is 0.161 e. The fourth-order valence-corrected chi connectivity index (χ4v) is 2.03. The van der Waals surface area contributed by atoms with Crippen LogP contribution in [-0.4, -0.2) is 10.4 Å². The summed E-state index contributed by atoms with van der Waals surface area (Å²) >= 11 is 0. The Kier molecular flexibility index (Phi) is 3.29. The van der Waals surface area contributed by atoms with Crippen molar-refractivity contribution in [3.8, 4) is 6.07 Å². The molecule has 0 aliphatic heterocycles. The number of Topliss-reactive ketones (excluding diaryl/α,β-unsaturated/α-hetero) is 1. The number of nitriles is 1. The van der Waals surface area contributed by atoms with Crippen LogP contribution in [0.1, 0.15) is 34.1 Å². The van der Waals surface area contributed by atoms with Crippen molar-refractivity contribution in [2.24, 2.45) is 0 Å². The molecule has 2 rings (SSSR count). The quantitative estimate of drug-likeness (QED) is 0.772. The number of nitrogens with zero attached hydrogens (tertiary/aromatic N) is 2. The zero-order chi connectivity index (χ0) is 13.1. The highest BCUT2D eigenvalue weighted by atomic mass is 16.1. The third-order valence-electron chi connectivity index (χ3n) is 3.03. The lowest BCUT2D eigenvalue weighted by atomic mass is 10.1. The first-order chi connectivity index (χ1) is 8.61. The molecule has 18 heavy (non-hydrogen) atoms. The molecule has 0 atom stereocenters. The first kappa shape index (κ1) is 12.1. The Balaban J connectivity index is 2.29. The van der Waals surface area contributed by atoms with Crippen LogP contribution in [0.15, 0.2) is 36.5 Å². The largest absolute Gasteiger partial charge is 0.347 e. The van der Waals surface area contributed by atoms with Crippen molar-refractivity contribution in [3.05, 3.63) is 58.9 Å². The van der Waals surface area contributed by atoms with Crippen molar-refractivity contribution >= 4 is 5.78 Å². The average Bonchev–Trinajstić information content (AvgIpc) is 2.71. The van der Waals surface area contributed by atoms with Crippen LogP contribution in [0.2, 0.25) is 0 Å². The molecule has 1 heterocycles. The van der Waals surface area contributed by atoms with Gasteiger partial charge in [-0.1, -0.05) is 12.1 Å². The molecule has 0 aliphatic carbocycles. The summed E-state index contributed by atoms with van der Waals surface area (Å²) in [5.74, 6) is 0.0806. The second-order valence-corrected chi connectivity index (χ2v) is 4.31. The summed E-state index contributed by atoms with van der Waals surface area (Å²) in [5.41, 5.74) is 3.43. The van der Waals surface area contributed by atoms with Crippen LogP contribution in [-0.2, 0) is 6.54 Å². The molecule has 3 heteroatoms. The summed E-state index contributed by atoms with van der Waals surface area (Å²) in [4.78, 5) is 11.4. The monoisotopic (exact) mass is 238 g/mol. The second-order valence-electron chi connectivity index (χ2n) is 4.31. The van der Waals surface area contributed by atoms with E-state index in [1.54, 1.807) is 13.0 Å². The number of benzene rings is 1.